The van der Waals surface area contributed by atoms with Gasteiger partial charge in [0, 0.05) is 11.8 Å². The van der Waals surface area contributed by atoms with Crippen molar-refractivity contribution in [3.05, 3.63) is 52.7 Å². The highest BCUT2D eigenvalue weighted by Gasteiger charge is 2.05. The van der Waals surface area contributed by atoms with Crippen molar-refractivity contribution in [2.24, 2.45) is 5.84 Å². The average Bonchev–Trinajstić information content (AvgIpc) is 2.38. The SMILES string of the molecule is Cc1cc(C)c(OCc2ccc(NN)nc2)c(C)c1. The second-order valence-corrected chi connectivity index (χ2v) is 4.71. The van der Waals surface area contributed by atoms with E-state index in [0.717, 1.165) is 22.4 Å². The highest BCUT2D eigenvalue weighted by atomic mass is 16.5. The maximum Gasteiger partial charge on any atom is 0.139 e. The van der Waals surface area contributed by atoms with Crippen LogP contribution in [0.2, 0.25) is 0 Å². The van der Waals surface area contributed by atoms with E-state index in [2.05, 4.69) is 43.3 Å². The Bertz CT molecular complexity index is 541. The lowest BCUT2D eigenvalue weighted by Crippen LogP contribution is -2.08. The number of ether oxygens (including phenoxy) is 1. The van der Waals surface area contributed by atoms with Gasteiger partial charge >= 0.3 is 0 Å². The predicted octanol–water partition coefficient (Wildman–Crippen LogP) is 2.87. The number of nitrogens with one attached hydrogen (secondary N) is 1. The quantitative estimate of drug-likeness (QED) is 0.653. The maximum absolute atomic E-state index is 5.89. The summed E-state index contributed by atoms with van der Waals surface area (Å²) in [7, 11) is 0. The van der Waals surface area contributed by atoms with E-state index in [1.54, 1.807) is 6.20 Å². The summed E-state index contributed by atoms with van der Waals surface area (Å²) in [5.74, 6) is 6.87. The van der Waals surface area contributed by atoms with Crippen molar-refractivity contribution in [2.75, 3.05) is 5.43 Å². The molecule has 1 heterocycles. The summed E-state index contributed by atoms with van der Waals surface area (Å²) in [4.78, 5) is 4.15. The Morgan fingerprint density at radius 3 is 2.37 bits per heavy atom. The van der Waals surface area contributed by atoms with Crippen molar-refractivity contribution < 1.29 is 4.74 Å². The fourth-order valence-corrected chi connectivity index (χ4v) is 2.15. The molecule has 0 aliphatic carbocycles. The van der Waals surface area contributed by atoms with Gasteiger partial charge in [-0.1, -0.05) is 23.8 Å². The molecule has 0 fully saturated rings. The second-order valence-electron chi connectivity index (χ2n) is 4.71. The molecule has 0 amide bonds. The third-order valence-corrected chi connectivity index (χ3v) is 2.96. The lowest BCUT2D eigenvalue weighted by atomic mass is 10.1. The first-order valence-corrected chi connectivity index (χ1v) is 6.22. The molecule has 0 saturated heterocycles. The van der Waals surface area contributed by atoms with E-state index in [4.69, 9.17) is 10.6 Å². The molecule has 0 radical (unpaired) electrons. The summed E-state index contributed by atoms with van der Waals surface area (Å²) in [5, 5.41) is 0. The molecule has 1 aromatic heterocycles. The van der Waals surface area contributed by atoms with E-state index >= 15 is 0 Å². The molecule has 0 aliphatic rings. The Labute approximate surface area is 113 Å². The molecule has 0 unspecified atom stereocenters. The van der Waals surface area contributed by atoms with Crippen molar-refractivity contribution in [1.82, 2.24) is 4.98 Å². The number of nitrogens with two attached hydrogens (primary N) is 1. The smallest absolute Gasteiger partial charge is 0.139 e. The highest BCUT2D eigenvalue weighted by molar-refractivity contribution is 5.43. The van der Waals surface area contributed by atoms with Crippen LogP contribution in [-0.4, -0.2) is 4.98 Å². The van der Waals surface area contributed by atoms with Crippen LogP contribution in [0.15, 0.2) is 30.5 Å². The number of hydrogen-bond donors (Lipinski definition) is 2. The van der Waals surface area contributed by atoms with Crippen LogP contribution in [0.5, 0.6) is 5.75 Å². The highest BCUT2D eigenvalue weighted by Crippen LogP contribution is 2.25. The zero-order valence-corrected chi connectivity index (χ0v) is 11.5. The minimum atomic E-state index is 0.503. The summed E-state index contributed by atoms with van der Waals surface area (Å²) >= 11 is 0. The molecule has 3 N–H and O–H groups in total. The van der Waals surface area contributed by atoms with Crippen LogP contribution in [0.4, 0.5) is 5.82 Å². The Kier molecular flexibility index (Phi) is 4.02. The van der Waals surface area contributed by atoms with Crippen molar-refractivity contribution in [3.8, 4) is 5.75 Å². The van der Waals surface area contributed by atoms with Crippen LogP contribution in [0.25, 0.3) is 0 Å². The number of aryl methyl sites for hydroxylation is 3. The summed E-state index contributed by atoms with van der Waals surface area (Å²) in [5.41, 5.74) is 7.08. The first kappa shape index (κ1) is 13.4. The van der Waals surface area contributed by atoms with Crippen LogP contribution in [0.3, 0.4) is 0 Å². The van der Waals surface area contributed by atoms with Gasteiger partial charge in [-0.3, -0.25) is 0 Å². The first-order valence-electron chi connectivity index (χ1n) is 6.22. The normalized spacial score (nSPS) is 10.3. The number of hydrogen-bond acceptors (Lipinski definition) is 4. The van der Waals surface area contributed by atoms with Gasteiger partial charge in [0.2, 0.25) is 0 Å². The van der Waals surface area contributed by atoms with E-state index in [0.29, 0.717) is 12.4 Å². The molecule has 0 spiro atoms. The third kappa shape index (κ3) is 3.23. The molecule has 0 aliphatic heterocycles. The maximum atomic E-state index is 5.89. The summed E-state index contributed by atoms with van der Waals surface area (Å²) in [6.07, 6.45) is 1.76. The molecule has 19 heavy (non-hydrogen) atoms. The average molecular weight is 257 g/mol. The van der Waals surface area contributed by atoms with Gasteiger partial charge in [-0.15, -0.1) is 0 Å². The second kappa shape index (κ2) is 5.71. The van der Waals surface area contributed by atoms with Crippen LogP contribution >= 0.6 is 0 Å². The topological polar surface area (TPSA) is 60.2 Å². The lowest BCUT2D eigenvalue weighted by Gasteiger charge is -2.13. The van der Waals surface area contributed by atoms with Gasteiger partial charge in [-0.25, -0.2) is 10.8 Å². The van der Waals surface area contributed by atoms with Gasteiger partial charge < -0.3 is 10.2 Å². The zero-order chi connectivity index (χ0) is 13.8. The minimum absolute atomic E-state index is 0.503. The van der Waals surface area contributed by atoms with E-state index < -0.39 is 0 Å². The molecule has 1 aromatic carbocycles. The summed E-state index contributed by atoms with van der Waals surface area (Å²) in [6.45, 7) is 6.72. The van der Waals surface area contributed by atoms with Crippen molar-refractivity contribution in [2.45, 2.75) is 27.4 Å². The molecule has 0 saturated carbocycles. The van der Waals surface area contributed by atoms with Crippen LogP contribution in [0.1, 0.15) is 22.3 Å². The van der Waals surface area contributed by atoms with Gasteiger partial charge in [-0.05, 0) is 38.0 Å². The zero-order valence-electron chi connectivity index (χ0n) is 11.5. The van der Waals surface area contributed by atoms with Crippen LogP contribution in [-0.2, 0) is 6.61 Å². The van der Waals surface area contributed by atoms with Crippen LogP contribution < -0.4 is 16.0 Å². The number of benzene rings is 1. The van der Waals surface area contributed by atoms with Crippen molar-refractivity contribution in [1.29, 1.82) is 0 Å². The third-order valence-electron chi connectivity index (χ3n) is 2.96. The van der Waals surface area contributed by atoms with E-state index in [-0.39, 0.29) is 0 Å². The first-order chi connectivity index (χ1) is 9.10. The van der Waals surface area contributed by atoms with Gasteiger partial charge in [-0.2, -0.15) is 0 Å². The van der Waals surface area contributed by atoms with Gasteiger partial charge in [0.25, 0.3) is 0 Å². The number of aromatic nitrogens is 1. The van der Waals surface area contributed by atoms with Gasteiger partial charge in [0.1, 0.15) is 18.2 Å². The van der Waals surface area contributed by atoms with Crippen LogP contribution in [0, 0.1) is 20.8 Å². The summed E-state index contributed by atoms with van der Waals surface area (Å²) in [6, 6.07) is 8.03. The van der Waals surface area contributed by atoms with Gasteiger partial charge in [0.05, 0.1) is 0 Å². The molecule has 0 atom stereocenters. The van der Waals surface area contributed by atoms with Crippen molar-refractivity contribution >= 4 is 5.82 Å². The molecule has 2 aromatic rings. The number of hydrazine groups is 1. The number of nitrogens with zero attached hydrogens (tertiary/aromatic N) is 1. The molecule has 0 bridgehead atoms. The molecular weight excluding hydrogens is 238 g/mol. The molecule has 4 heteroatoms. The van der Waals surface area contributed by atoms with E-state index in [9.17, 15) is 0 Å². The number of nitrogen functional groups attached to an aromatic ring is 1. The Hall–Kier alpha value is -2.07. The van der Waals surface area contributed by atoms with E-state index in [1.807, 2.05) is 12.1 Å². The Morgan fingerprint density at radius 1 is 1.16 bits per heavy atom. The lowest BCUT2D eigenvalue weighted by molar-refractivity contribution is 0.301. The monoisotopic (exact) mass is 257 g/mol. The number of rotatable bonds is 4. The van der Waals surface area contributed by atoms with Crippen molar-refractivity contribution in [3.63, 3.8) is 0 Å². The fourth-order valence-electron chi connectivity index (χ4n) is 2.15. The minimum Gasteiger partial charge on any atom is -0.488 e. The predicted molar refractivity (Wildman–Crippen MR) is 77.0 cm³/mol. The van der Waals surface area contributed by atoms with Gasteiger partial charge in [0.15, 0.2) is 0 Å². The molecule has 2 rings (SSSR count). The Morgan fingerprint density at radius 2 is 1.84 bits per heavy atom. The fraction of sp³-hybridized carbons (Fsp3) is 0.267. The molecular formula is C15H19N3O. The standard InChI is InChI=1S/C15H19N3O/c1-10-6-11(2)15(12(3)7-10)19-9-13-4-5-14(18-16)17-8-13/h4-8H,9,16H2,1-3H3,(H,17,18). The number of pyridine rings is 1. The largest absolute Gasteiger partial charge is 0.488 e. The number of anilines is 1. The summed E-state index contributed by atoms with van der Waals surface area (Å²) < 4.78 is 5.89. The van der Waals surface area contributed by atoms with E-state index in [1.165, 1.54) is 5.56 Å². The molecule has 100 valence electrons. The Balaban J connectivity index is 2.10. The molecule has 4 nitrogen and oxygen atoms in total.